The van der Waals surface area contributed by atoms with Crippen molar-refractivity contribution in [2.24, 2.45) is 11.7 Å². The van der Waals surface area contributed by atoms with E-state index in [9.17, 15) is 9.59 Å². The van der Waals surface area contributed by atoms with Crippen molar-refractivity contribution in [3.8, 4) is 0 Å². The zero-order valence-electron chi connectivity index (χ0n) is 11.6. The van der Waals surface area contributed by atoms with Crippen LogP contribution in [0.2, 0.25) is 0 Å². The van der Waals surface area contributed by atoms with E-state index in [-0.39, 0.29) is 23.8 Å². The molecule has 0 bridgehead atoms. The first-order chi connectivity index (χ1) is 9.45. The molecule has 5 nitrogen and oxygen atoms in total. The highest BCUT2D eigenvalue weighted by molar-refractivity contribution is 5.95. The third kappa shape index (κ3) is 3.45. The molecule has 0 spiro atoms. The average molecular weight is 273 g/mol. The highest BCUT2D eigenvalue weighted by Crippen LogP contribution is 2.22. The maximum Gasteiger partial charge on any atom is 0.231 e. The molecule has 0 saturated carbocycles. The number of anilines is 2. The molecule has 5 heteroatoms. The van der Waals surface area contributed by atoms with Crippen LogP contribution >= 0.6 is 0 Å². The Labute approximate surface area is 118 Å². The average Bonchev–Trinajstić information content (AvgIpc) is 2.79. The number of amides is 2. The zero-order valence-corrected chi connectivity index (χ0v) is 11.6. The fourth-order valence-electron chi connectivity index (χ4n) is 2.23. The molecule has 0 aliphatic heterocycles. The van der Waals surface area contributed by atoms with E-state index in [4.69, 9.17) is 5.73 Å². The van der Waals surface area contributed by atoms with Gasteiger partial charge in [-0.25, -0.2) is 0 Å². The Morgan fingerprint density at radius 2 is 2.00 bits per heavy atom. The molecule has 20 heavy (non-hydrogen) atoms. The van der Waals surface area contributed by atoms with Crippen molar-refractivity contribution in [2.45, 2.75) is 26.3 Å². The van der Waals surface area contributed by atoms with Crippen molar-refractivity contribution in [1.82, 2.24) is 0 Å². The van der Waals surface area contributed by atoms with Crippen molar-refractivity contribution in [2.75, 3.05) is 10.6 Å². The lowest BCUT2D eigenvalue weighted by Gasteiger charge is -2.13. The fourth-order valence-corrected chi connectivity index (χ4v) is 2.23. The first kappa shape index (κ1) is 14.3. The van der Waals surface area contributed by atoms with E-state index >= 15 is 0 Å². The van der Waals surface area contributed by atoms with Gasteiger partial charge < -0.3 is 16.4 Å². The van der Waals surface area contributed by atoms with Crippen LogP contribution in [-0.2, 0) is 9.59 Å². The van der Waals surface area contributed by atoms with Crippen LogP contribution in [0.4, 0.5) is 11.4 Å². The molecule has 106 valence electrons. The first-order valence-electron chi connectivity index (χ1n) is 6.58. The lowest BCUT2D eigenvalue weighted by molar-refractivity contribution is -0.118. The summed E-state index contributed by atoms with van der Waals surface area (Å²) in [5.41, 5.74) is 8.11. The minimum Gasteiger partial charge on any atom is -0.326 e. The van der Waals surface area contributed by atoms with Gasteiger partial charge in [-0.2, -0.15) is 0 Å². The molecule has 1 aromatic carbocycles. The Balaban J connectivity index is 2.03. The summed E-state index contributed by atoms with van der Waals surface area (Å²) in [5, 5.41) is 5.60. The van der Waals surface area contributed by atoms with Crippen LogP contribution in [0.1, 0.15) is 18.9 Å². The summed E-state index contributed by atoms with van der Waals surface area (Å²) in [4.78, 5) is 23.1. The number of nitrogens with two attached hydrogens (primary N) is 1. The second-order valence-corrected chi connectivity index (χ2v) is 5.09. The van der Waals surface area contributed by atoms with Crippen LogP contribution in [0.15, 0.2) is 30.4 Å². The van der Waals surface area contributed by atoms with E-state index in [1.807, 2.05) is 25.1 Å². The third-order valence-electron chi connectivity index (χ3n) is 3.26. The van der Waals surface area contributed by atoms with Gasteiger partial charge in [0.15, 0.2) is 0 Å². The Kier molecular flexibility index (Phi) is 4.20. The van der Waals surface area contributed by atoms with Crippen molar-refractivity contribution in [3.63, 3.8) is 0 Å². The molecule has 2 atom stereocenters. The summed E-state index contributed by atoms with van der Waals surface area (Å²) < 4.78 is 0. The summed E-state index contributed by atoms with van der Waals surface area (Å²) in [6, 6.07) is 5.36. The zero-order chi connectivity index (χ0) is 14.7. The van der Waals surface area contributed by atoms with E-state index in [1.165, 1.54) is 6.92 Å². The lowest BCUT2D eigenvalue weighted by Crippen LogP contribution is -2.24. The van der Waals surface area contributed by atoms with Gasteiger partial charge >= 0.3 is 0 Å². The standard InChI is InChI=1S/C15H19N3O2/c1-9-7-13(5-6-14(9)17-10(2)19)18-15(20)11-3-4-12(16)8-11/h3-7,11-12H,8,16H2,1-2H3,(H,17,19)(H,18,20). The summed E-state index contributed by atoms with van der Waals surface area (Å²) in [7, 11) is 0. The van der Waals surface area contributed by atoms with Gasteiger partial charge in [-0.05, 0) is 37.1 Å². The molecule has 2 rings (SSSR count). The molecule has 0 aromatic heterocycles. The molecule has 2 amide bonds. The Hall–Kier alpha value is -2.14. The van der Waals surface area contributed by atoms with E-state index in [2.05, 4.69) is 10.6 Å². The number of carbonyl (C=O) groups excluding carboxylic acids is 2. The maximum atomic E-state index is 12.0. The number of aryl methyl sites for hydroxylation is 1. The second kappa shape index (κ2) is 5.88. The van der Waals surface area contributed by atoms with E-state index in [0.29, 0.717) is 6.42 Å². The summed E-state index contributed by atoms with van der Waals surface area (Å²) in [6.07, 6.45) is 4.35. The number of benzene rings is 1. The van der Waals surface area contributed by atoms with Gasteiger partial charge in [0.1, 0.15) is 0 Å². The molecule has 0 saturated heterocycles. The number of rotatable bonds is 3. The van der Waals surface area contributed by atoms with Crippen LogP contribution in [0.3, 0.4) is 0 Å². The number of nitrogens with one attached hydrogen (secondary N) is 2. The first-order valence-corrected chi connectivity index (χ1v) is 6.58. The Bertz CT molecular complexity index is 566. The van der Waals surface area contributed by atoms with Crippen LogP contribution in [0, 0.1) is 12.8 Å². The SMILES string of the molecule is CC(=O)Nc1ccc(NC(=O)C2C=CC(N)C2)cc1C. The minimum absolute atomic E-state index is 0.0328. The van der Waals surface area contributed by atoms with Gasteiger partial charge in [0.05, 0.1) is 5.92 Å². The Morgan fingerprint density at radius 1 is 1.25 bits per heavy atom. The summed E-state index contributed by atoms with van der Waals surface area (Å²) >= 11 is 0. The number of hydrogen-bond acceptors (Lipinski definition) is 3. The molecule has 4 N–H and O–H groups in total. The topological polar surface area (TPSA) is 84.2 Å². The maximum absolute atomic E-state index is 12.0. The monoisotopic (exact) mass is 273 g/mol. The molecule has 1 aliphatic carbocycles. The lowest BCUT2D eigenvalue weighted by atomic mass is 10.1. The molecule has 2 unspecified atom stereocenters. The second-order valence-electron chi connectivity index (χ2n) is 5.09. The highest BCUT2D eigenvalue weighted by atomic mass is 16.2. The molecule has 1 aliphatic rings. The van der Waals surface area contributed by atoms with Crippen molar-refractivity contribution in [3.05, 3.63) is 35.9 Å². The van der Waals surface area contributed by atoms with E-state index in [1.54, 1.807) is 12.1 Å². The van der Waals surface area contributed by atoms with Crippen molar-refractivity contribution >= 4 is 23.2 Å². The predicted octanol–water partition coefficient (Wildman–Crippen LogP) is 1.80. The third-order valence-corrected chi connectivity index (χ3v) is 3.26. The van der Waals surface area contributed by atoms with Gasteiger partial charge in [0.25, 0.3) is 0 Å². The molecular weight excluding hydrogens is 254 g/mol. The van der Waals surface area contributed by atoms with Crippen molar-refractivity contribution < 1.29 is 9.59 Å². The van der Waals surface area contributed by atoms with E-state index < -0.39 is 0 Å². The minimum atomic E-state index is -0.166. The van der Waals surface area contributed by atoms with Gasteiger partial charge in [-0.3, -0.25) is 9.59 Å². The van der Waals surface area contributed by atoms with Gasteiger partial charge in [-0.1, -0.05) is 12.2 Å². The molecular formula is C15H19N3O2. The van der Waals surface area contributed by atoms with Crippen LogP contribution in [-0.4, -0.2) is 17.9 Å². The summed E-state index contributed by atoms with van der Waals surface area (Å²) in [5.74, 6) is -0.337. The molecule has 0 radical (unpaired) electrons. The van der Waals surface area contributed by atoms with Gasteiger partial charge in [-0.15, -0.1) is 0 Å². The quantitative estimate of drug-likeness (QED) is 0.734. The fraction of sp³-hybridized carbons (Fsp3) is 0.333. The smallest absolute Gasteiger partial charge is 0.231 e. The highest BCUT2D eigenvalue weighted by Gasteiger charge is 2.22. The van der Waals surface area contributed by atoms with Gasteiger partial charge in [0, 0.05) is 24.3 Å². The van der Waals surface area contributed by atoms with Crippen molar-refractivity contribution in [1.29, 1.82) is 0 Å². The number of carbonyl (C=O) groups is 2. The van der Waals surface area contributed by atoms with Gasteiger partial charge in [0.2, 0.25) is 11.8 Å². The predicted molar refractivity (Wildman–Crippen MR) is 79.3 cm³/mol. The number of hydrogen-bond donors (Lipinski definition) is 3. The van der Waals surface area contributed by atoms with Crippen LogP contribution in [0.25, 0.3) is 0 Å². The molecule has 0 fully saturated rings. The summed E-state index contributed by atoms with van der Waals surface area (Å²) in [6.45, 7) is 3.34. The largest absolute Gasteiger partial charge is 0.326 e. The Morgan fingerprint density at radius 3 is 2.55 bits per heavy atom. The molecule has 0 heterocycles. The molecule has 1 aromatic rings. The van der Waals surface area contributed by atoms with Crippen LogP contribution < -0.4 is 16.4 Å². The van der Waals surface area contributed by atoms with Crippen LogP contribution in [0.5, 0.6) is 0 Å². The van der Waals surface area contributed by atoms with E-state index in [0.717, 1.165) is 16.9 Å². The normalized spacial score (nSPS) is 20.8.